The summed E-state index contributed by atoms with van der Waals surface area (Å²) < 4.78 is 61.0. The molecule has 0 saturated carbocycles. The predicted molar refractivity (Wildman–Crippen MR) is 168 cm³/mol. The van der Waals surface area contributed by atoms with Gasteiger partial charge in [0.1, 0.15) is 24.4 Å². The molecule has 4 rings (SSSR count). The third-order valence-electron chi connectivity index (χ3n) is 8.43. The Bertz CT molecular complexity index is 1220. The SMILES string of the molecule is CO[C@@H]1O[C@H](COC2O[C@@H]3CO[Si](C(C)(C)C)(C(C)(C)C)O[C@H]3[C@@H]2OCc2ccccc2)[C@H](OC(C)=O)[C@H](OC(C)=O)[C@H]1OC(C)=O. The highest BCUT2D eigenvalue weighted by Crippen LogP contribution is 2.55. The van der Waals surface area contributed by atoms with Crippen LogP contribution in [-0.2, 0) is 67.7 Å². The van der Waals surface area contributed by atoms with Gasteiger partial charge < -0.3 is 46.7 Å². The Morgan fingerprint density at radius 3 is 1.89 bits per heavy atom. The fourth-order valence-electron chi connectivity index (χ4n) is 6.75. The molecule has 0 aliphatic carbocycles. The molecule has 1 aromatic rings. The summed E-state index contributed by atoms with van der Waals surface area (Å²) in [7, 11) is -1.55. The van der Waals surface area contributed by atoms with Crippen LogP contribution in [-0.4, -0.2) is 102 Å². The smallest absolute Gasteiger partial charge is 0.349 e. The maximum atomic E-state index is 12.2. The van der Waals surface area contributed by atoms with E-state index in [0.717, 1.165) is 5.56 Å². The Hall–Kier alpha value is -2.43. The average Bonchev–Trinajstić information content (AvgIpc) is 3.32. The van der Waals surface area contributed by atoms with Crippen molar-refractivity contribution >= 4 is 26.5 Å². The molecular weight excluding hydrogens is 632 g/mol. The highest BCUT2D eigenvalue weighted by Gasteiger charge is 2.65. The van der Waals surface area contributed by atoms with E-state index in [2.05, 4.69) is 41.5 Å². The van der Waals surface area contributed by atoms with E-state index in [1.54, 1.807) is 0 Å². The van der Waals surface area contributed by atoms with Gasteiger partial charge in [0.15, 0.2) is 30.9 Å². The second kappa shape index (κ2) is 15.0. The van der Waals surface area contributed by atoms with Crippen LogP contribution in [0, 0.1) is 0 Å². The highest BCUT2D eigenvalue weighted by atomic mass is 28.4. The number of rotatable bonds is 10. The topological polar surface area (TPSA) is 144 Å². The molecule has 0 N–H and O–H groups in total. The molecule has 0 bridgehead atoms. The molecule has 47 heavy (non-hydrogen) atoms. The maximum Gasteiger partial charge on any atom is 0.349 e. The van der Waals surface area contributed by atoms with Crippen LogP contribution in [0.1, 0.15) is 67.9 Å². The van der Waals surface area contributed by atoms with E-state index >= 15 is 0 Å². The summed E-state index contributed by atoms with van der Waals surface area (Å²) in [5, 5.41) is -0.544. The fourth-order valence-corrected chi connectivity index (χ4v) is 11.7. The van der Waals surface area contributed by atoms with Gasteiger partial charge in [-0.3, -0.25) is 14.4 Å². The van der Waals surface area contributed by atoms with Gasteiger partial charge in [0.25, 0.3) is 0 Å². The number of carbonyl (C=O) groups excluding carboxylic acids is 3. The number of esters is 3. The van der Waals surface area contributed by atoms with Gasteiger partial charge >= 0.3 is 26.5 Å². The second-order valence-electron chi connectivity index (χ2n) is 14.1. The van der Waals surface area contributed by atoms with Gasteiger partial charge in [-0.05, 0) is 5.56 Å². The summed E-state index contributed by atoms with van der Waals surface area (Å²) >= 11 is 0. The Labute approximate surface area is 278 Å². The molecule has 3 aliphatic heterocycles. The largest absolute Gasteiger partial charge is 0.456 e. The first-order chi connectivity index (χ1) is 22.0. The lowest BCUT2D eigenvalue weighted by Gasteiger charge is -2.53. The minimum Gasteiger partial charge on any atom is -0.456 e. The molecule has 1 aromatic carbocycles. The van der Waals surface area contributed by atoms with Crippen LogP contribution in [0.15, 0.2) is 30.3 Å². The molecular formula is C33H50O13Si. The van der Waals surface area contributed by atoms with Crippen LogP contribution in [0.25, 0.3) is 0 Å². The van der Waals surface area contributed by atoms with Gasteiger partial charge in [0.05, 0.1) is 19.8 Å². The van der Waals surface area contributed by atoms with Gasteiger partial charge in [-0.1, -0.05) is 71.9 Å². The Morgan fingerprint density at radius 2 is 1.34 bits per heavy atom. The average molecular weight is 683 g/mol. The lowest BCUT2D eigenvalue weighted by molar-refractivity contribution is -0.310. The first-order valence-electron chi connectivity index (χ1n) is 15.9. The molecule has 0 aromatic heterocycles. The minimum absolute atomic E-state index is 0.195. The predicted octanol–water partition coefficient (Wildman–Crippen LogP) is 3.94. The Kier molecular flexibility index (Phi) is 11.9. The number of methoxy groups -OCH3 is 1. The molecule has 9 atom stereocenters. The molecule has 13 nitrogen and oxygen atoms in total. The minimum atomic E-state index is -2.90. The second-order valence-corrected chi connectivity index (χ2v) is 18.9. The lowest BCUT2D eigenvalue weighted by atomic mass is 9.98. The summed E-state index contributed by atoms with van der Waals surface area (Å²) in [6.45, 7) is 16.8. The van der Waals surface area contributed by atoms with Crippen molar-refractivity contribution in [2.75, 3.05) is 20.3 Å². The molecule has 0 amide bonds. The van der Waals surface area contributed by atoms with E-state index in [-0.39, 0.29) is 23.3 Å². The molecule has 3 fully saturated rings. The summed E-state index contributed by atoms with van der Waals surface area (Å²) in [5.74, 6) is -2.01. The first kappa shape index (κ1) is 37.4. The van der Waals surface area contributed by atoms with Gasteiger partial charge in [-0.2, -0.15) is 0 Å². The van der Waals surface area contributed by atoms with Crippen LogP contribution >= 0.6 is 0 Å². The number of ether oxygens (including phenoxy) is 8. The van der Waals surface area contributed by atoms with Crippen molar-refractivity contribution in [1.82, 2.24) is 0 Å². The zero-order chi connectivity index (χ0) is 34.7. The van der Waals surface area contributed by atoms with E-state index in [4.69, 9.17) is 46.7 Å². The van der Waals surface area contributed by atoms with Crippen LogP contribution in [0.4, 0.5) is 0 Å². The van der Waals surface area contributed by atoms with E-state index < -0.39 is 81.8 Å². The van der Waals surface area contributed by atoms with Crippen LogP contribution < -0.4 is 0 Å². The van der Waals surface area contributed by atoms with Gasteiger partial charge in [0.2, 0.25) is 0 Å². The fraction of sp³-hybridized carbons (Fsp3) is 0.727. The Balaban J connectivity index is 1.62. The number of carbonyl (C=O) groups is 3. The lowest BCUT2D eigenvalue weighted by Crippen LogP contribution is -2.65. The third kappa shape index (κ3) is 8.42. The summed E-state index contributed by atoms with van der Waals surface area (Å²) in [4.78, 5) is 36.3. The van der Waals surface area contributed by atoms with Crippen molar-refractivity contribution in [2.45, 2.75) is 134 Å². The van der Waals surface area contributed by atoms with Crippen molar-refractivity contribution in [3.8, 4) is 0 Å². The zero-order valence-corrected chi connectivity index (χ0v) is 30.0. The highest BCUT2D eigenvalue weighted by molar-refractivity contribution is 6.73. The molecule has 1 unspecified atom stereocenters. The number of fused-ring (bicyclic) bond motifs is 1. The number of benzene rings is 1. The molecule has 3 aliphatic rings. The molecule has 0 radical (unpaired) electrons. The monoisotopic (exact) mass is 682 g/mol. The molecule has 3 saturated heterocycles. The van der Waals surface area contributed by atoms with Crippen molar-refractivity contribution < 1.29 is 61.1 Å². The first-order valence-corrected chi connectivity index (χ1v) is 17.7. The van der Waals surface area contributed by atoms with Gasteiger partial charge in [0, 0.05) is 38.0 Å². The summed E-state index contributed by atoms with van der Waals surface area (Å²) in [6.07, 6.45) is -8.40. The van der Waals surface area contributed by atoms with Gasteiger partial charge in [-0.25, -0.2) is 0 Å². The maximum absolute atomic E-state index is 12.2. The molecule has 264 valence electrons. The van der Waals surface area contributed by atoms with E-state index in [1.165, 1.54) is 27.9 Å². The van der Waals surface area contributed by atoms with Crippen LogP contribution in [0.3, 0.4) is 0 Å². The third-order valence-corrected chi connectivity index (χ3v) is 13.6. The normalized spacial score (nSPS) is 32.3. The quantitative estimate of drug-likeness (QED) is 0.200. The van der Waals surface area contributed by atoms with Crippen molar-refractivity contribution in [2.24, 2.45) is 0 Å². The van der Waals surface area contributed by atoms with Gasteiger partial charge in [-0.15, -0.1) is 0 Å². The van der Waals surface area contributed by atoms with Crippen molar-refractivity contribution in [3.63, 3.8) is 0 Å². The van der Waals surface area contributed by atoms with Crippen molar-refractivity contribution in [1.29, 1.82) is 0 Å². The van der Waals surface area contributed by atoms with E-state index in [9.17, 15) is 14.4 Å². The van der Waals surface area contributed by atoms with Crippen molar-refractivity contribution in [3.05, 3.63) is 35.9 Å². The number of hydrogen-bond acceptors (Lipinski definition) is 13. The molecule has 0 spiro atoms. The van der Waals surface area contributed by atoms with E-state index in [0.29, 0.717) is 6.61 Å². The summed E-state index contributed by atoms with van der Waals surface area (Å²) in [6, 6.07) is 9.75. The molecule has 3 heterocycles. The summed E-state index contributed by atoms with van der Waals surface area (Å²) in [5.41, 5.74) is 0.964. The standard InChI is InChI=1S/C33H50O13Si/c1-19(34)41-25-23(44-30(37-10)29(43-21(3)36)27(25)42-20(2)35)17-39-31-28(38-16-22-14-12-11-13-15-22)26-24(45-31)18-40-47(46-26,32(4,5)6)33(7,8)9/h11-15,23-31H,16-18H2,1-10H3/t23-,24-,25+,26-,27+,28+,29-,30-,31?/m1/s1. The zero-order valence-electron chi connectivity index (χ0n) is 29.0. The molecule has 14 heteroatoms. The van der Waals surface area contributed by atoms with E-state index in [1.807, 2.05) is 30.3 Å². The van der Waals surface area contributed by atoms with Crippen LogP contribution in [0.5, 0.6) is 0 Å². The van der Waals surface area contributed by atoms with Crippen LogP contribution in [0.2, 0.25) is 10.1 Å². The number of hydrogen-bond donors (Lipinski definition) is 0. The Morgan fingerprint density at radius 1 is 0.766 bits per heavy atom.